The van der Waals surface area contributed by atoms with Crippen LogP contribution >= 0.6 is 0 Å². The molecule has 6 heteroatoms. The fourth-order valence-electron chi connectivity index (χ4n) is 1.54. The van der Waals surface area contributed by atoms with Crippen molar-refractivity contribution in [1.82, 2.24) is 0 Å². The summed E-state index contributed by atoms with van der Waals surface area (Å²) in [7, 11) is 0.190. The van der Waals surface area contributed by atoms with Crippen molar-refractivity contribution in [2.75, 3.05) is 26.5 Å². The predicted molar refractivity (Wildman–Crippen MR) is 52.1 cm³/mol. The van der Waals surface area contributed by atoms with Crippen molar-refractivity contribution in [3.8, 4) is 0 Å². The zero-order valence-electron chi connectivity index (χ0n) is 8.64. The van der Waals surface area contributed by atoms with Gasteiger partial charge in [0.2, 0.25) is 0 Å². The second-order valence-corrected chi connectivity index (χ2v) is 5.74. The van der Waals surface area contributed by atoms with Crippen LogP contribution in [0.2, 0.25) is 0 Å². The molecule has 0 bridgehead atoms. The van der Waals surface area contributed by atoms with Crippen LogP contribution in [0.1, 0.15) is 19.3 Å². The minimum absolute atomic E-state index is 0.131. The summed E-state index contributed by atoms with van der Waals surface area (Å²) in [6, 6.07) is 0.469. The van der Waals surface area contributed by atoms with E-state index in [-0.39, 0.29) is 5.75 Å². The van der Waals surface area contributed by atoms with Gasteiger partial charge in [-0.3, -0.25) is 4.55 Å². The second-order valence-electron chi connectivity index (χ2n) is 4.17. The molecule has 1 unspecified atom stereocenters. The molecule has 5 nitrogen and oxygen atoms in total. The van der Waals surface area contributed by atoms with E-state index in [1.54, 1.807) is 0 Å². The molecule has 1 aliphatic heterocycles. The van der Waals surface area contributed by atoms with Crippen LogP contribution in [0.3, 0.4) is 0 Å². The lowest BCUT2D eigenvalue weighted by molar-refractivity contribution is -1.15. The molecular weight excluding hydrogens is 206 g/mol. The summed E-state index contributed by atoms with van der Waals surface area (Å²) in [4.78, 5) is 5.30. The Morgan fingerprint density at radius 2 is 2.07 bits per heavy atom. The maximum absolute atomic E-state index is 10.4. The van der Waals surface area contributed by atoms with E-state index in [1.807, 2.05) is 14.1 Å². The van der Waals surface area contributed by atoms with Crippen molar-refractivity contribution in [3.05, 3.63) is 0 Å². The zero-order chi connectivity index (χ0) is 10.8. The molecule has 0 amide bonds. The Morgan fingerprint density at radius 3 is 2.43 bits per heavy atom. The Hall–Kier alpha value is -0.170. The number of quaternary nitrogens is 1. The molecule has 1 fully saturated rings. The maximum atomic E-state index is 10.4. The van der Waals surface area contributed by atoms with Gasteiger partial charge in [0.25, 0.3) is 10.1 Å². The monoisotopic (exact) mass is 224 g/mol. The van der Waals surface area contributed by atoms with Crippen LogP contribution in [0.25, 0.3) is 0 Å². The van der Waals surface area contributed by atoms with Gasteiger partial charge in [0.1, 0.15) is 6.04 Å². The molecule has 0 saturated carbocycles. The van der Waals surface area contributed by atoms with Gasteiger partial charge in [0, 0.05) is 6.42 Å². The molecule has 1 rings (SSSR count). The number of likely N-dealkylation sites (N-methyl/N-ethyl adjacent to an activating group) is 1. The third kappa shape index (κ3) is 3.53. The third-order valence-electron chi connectivity index (χ3n) is 2.67. The van der Waals surface area contributed by atoms with Gasteiger partial charge in [0.15, 0.2) is 6.61 Å². The fourth-order valence-corrected chi connectivity index (χ4v) is 2.11. The Kier molecular flexibility index (Phi) is 3.52. The Bertz CT molecular complexity index is 286. The van der Waals surface area contributed by atoms with Crippen LogP contribution in [0.4, 0.5) is 0 Å². The highest BCUT2D eigenvalue weighted by Crippen LogP contribution is 2.24. The largest absolute Gasteiger partial charge is 0.286 e. The van der Waals surface area contributed by atoms with E-state index in [9.17, 15) is 8.42 Å². The summed E-state index contributed by atoms with van der Waals surface area (Å²) >= 11 is 0. The third-order valence-corrected chi connectivity index (χ3v) is 3.47. The number of hydrogen-bond donors (Lipinski definition) is 1. The number of hydroxylamine groups is 3. The van der Waals surface area contributed by atoms with Crippen molar-refractivity contribution in [3.63, 3.8) is 0 Å². The van der Waals surface area contributed by atoms with Crippen molar-refractivity contribution in [2.45, 2.75) is 25.3 Å². The standard InChI is InChI=1S/C8H17NO4S/c1-9(2)8(7-13-9)5-3-4-6-14(10,11)12/h8H,3-7H2,1-2H3/p+1. The molecule has 84 valence electrons. The predicted octanol–water partition coefficient (Wildman–Crippen LogP) is 0.435. The fraction of sp³-hybridized carbons (Fsp3) is 1.00. The van der Waals surface area contributed by atoms with Gasteiger partial charge in [0.05, 0.1) is 19.8 Å². The molecule has 0 aromatic carbocycles. The Balaban J connectivity index is 2.11. The van der Waals surface area contributed by atoms with Gasteiger partial charge in [-0.05, 0) is 12.8 Å². The number of rotatable bonds is 5. The SMILES string of the molecule is C[N+]1(C)OCC1CCCCS(=O)(=O)O. The average molecular weight is 224 g/mol. The summed E-state index contributed by atoms with van der Waals surface area (Å²) < 4.78 is 29.9. The van der Waals surface area contributed by atoms with Crippen molar-refractivity contribution in [2.24, 2.45) is 0 Å². The molecule has 14 heavy (non-hydrogen) atoms. The lowest BCUT2D eigenvalue weighted by Crippen LogP contribution is -2.61. The van der Waals surface area contributed by atoms with E-state index in [2.05, 4.69) is 0 Å². The minimum Gasteiger partial charge on any atom is -0.286 e. The number of nitrogens with zero attached hydrogens (tertiary/aromatic N) is 1. The molecule has 1 heterocycles. The number of hydrogen-bond acceptors (Lipinski definition) is 3. The molecule has 1 aliphatic rings. The van der Waals surface area contributed by atoms with E-state index in [4.69, 9.17) is 9.39 Å². The quantitative estimate of drug-likeness (QED) is 0.418. The first-order valence-corrected chi connectivity index (χ1v) is 6.35. The van der Waals surface area contributed by atoms with E-state index < -0.39 is 10.1 Å². The van der Waals surface area contributed by atoms with Gasteiger partial charge >= 0.3 is 0 Å². The van der Waals surface area contributed by atoms with Crippen LogP contribution in [-0.4, -0.2) is 50.1 Å². The van der Waals surface area contributed by atoms with E-state index >= 15 is 0 Å². The highest BCUT2D eigenvalue weighted by molar-refractivity contribution is 7.85. The van der Waals surface area contributed by atoms with Gasteiger partial charge in [-0.25, -0.2) is 0 Å². The Labute approximate surface area is 85.0 Å². The topological polar surface area (TPSA) is 63.6 Å². The lowest BCUT2D eigenvalue weighted by atomic mass is 10.1. The summed E-state index contributed by atoms with van der Waals surface area (Å²) in [6.45, 7) is 0.749. The van der Waals surface area contributed by atoms with E-state index in [1.165, 1.54) is 0 Å². The van der Waals surface area contributed by atoms with Gasteiger partial charge in [-0.2, -0.15) is 17.9 Å². The molecule has 1 saturated heterocycles. The van der Waals surface area contributed by atoms with Crippen molar-refractivity contribution < 1.29 is 22.5 Å². The highest BCUT2D eigenvalue weighted by atomic mass is 32.2. The molecule has 0 aromatic heterocycles. The van der Waals surface area contributed by atoms with Gasteiger partial charge in [-0.15, -0.1) is 0 Å². The molecular formula is C8H18NO4S+. The molecule has 1 atom stereocenters. The van der Waals surface area contributed by atoms with Crippen molar-refractivity contribution >= 4 is 10.1 Å². The molecule has 0 aromatic rings. The molecule has 0 spiro atoms. The molecule has 1 N–H and O–H groups in total. The van der Waals surface area contributed by atoms with Crippen molar-refractivity contribution in [1.29, 1.82) is 0 Å². The van der Waals surface area contributed by atoms with Gasteiger partial charge < -0.3 is 0 Å². The summed E-state index contributed by atoms with van der Waals surface area (Å²) in [6.07, 6.45) is 2.29. The van der Waals surface area contributed by atoms with Crippen LogP contribution in [0, 0.1) is 0 Å². The normalized spacial score (nSPS) is 25.8. The smallest absolute Gasteiger partial charge is 0.264 e. The van der Waals surface area contributed by atoms with Crippen LogP contribution in [0.5, 0.6) is 0 Å². The summed E-state index contributed by atoms with van der Waals surface area (Å²) in [5.74, 6) is -0.131. The summed E-state index contributed by atoms with van der Waals surface area (Å²) in [5, 5.41) is 0. The summed E-state index contributed by atoms with van der Waals surface area (Å²) in [5.41, 5.74) is 0. The van der Waals surface area contributed by atoms with Crippen LogP contribution < -0.4 is 0 Å². The first-order valence-electron chi connectivity index (χ1n) is 4.74. The minimum atomic E-state index is -3.78. The first kappa shape index (κ1) is 11.9. The molecule has 0 aliphatic carbocycles. The highest BCUT2D eigenvalue weighted by Gasteiger charge is 2.40. The van der Waals surface area contributed by atoms with Crippen LogP contribution in [0.15, 0.2) is 0 Å². The van der Waals surface area contributed by atoms with Crippen LogP contribution in [-0.2, 0) is 15.0 Å². The maximum Gasteiger partial charge on any atom is 0.264 e. The lowest BCUT2D eigenvalue weighted by Gasteiger charge is -2.43. The average Bonchev–Trinajstić information content (AvgIpc) is 2.00. The zero-order valence-corrected chi connectivity index (χ0v) is 9.46. The Morgan fingerprint density at radius 1 is 1.43 bits per heavy atom. The second kappa shape index (κ2) is 4.14. The van der Waals surface area contributed by atoms with E-state index in [0.717, 1.165) is 19.4 Å². The van der Waals surface area contributed by atoms with E-state index in [0.29, 0.717) is 17.1 Å². The first-order chi connectivity index (χ1) is 6.31. The van der Waals surface area contributed by atoms with Gasteiger partial charge in [-0.1, -0.05) is 0 Å². The number of unbranched alkanes of at least 4 members (excludes halogenated alkanes) is 1. The molecule has 0 radical (unpaired) electrons.